The van der Waals surface area contributed by atoms with Crippen molar-refractivity contribution in [3.8, 4) is 11.5 Å². The molecule has 0 aromatic heterocycles. The van der Waals surface area contributed by atoms with Gasteiger partial charge in [-0.05, 0) is 18.6 Å². The molecule has 1 aromatic rings. The first kappa shape index (κ1) is 10.4. The molecule has 0 fully saturated rings. The van der Waals surface area contributed by atoms with Crippen molar-refractivity contribution in [1.29, 1.82) is 0 Å². The van der Waals surface area contributed by atoms with Gasteiger partial charge >= 0.3 is 0 Å². The van der Waals surface area contributed by atoms with Crippen LogP contribution in [0.15, 0.2) is 12.1 Å². The van der Waals surface area contributed by atoms with Gasteiger partial charge in [0, 0.05) is 0 Å². The maximum absolute atomic E-state index is 11.0. The van der Waals surface area contributed by atoms with E-state index in [0.717, 1.165) is 5.56 Å². The molecule has 0 unspecified atom stereocenters. The van der Waals surface area contributed by atoms with Crippen molar-refractivity contribution in [3.63, 3.8) is 0 Å². The predicted molar refractivity (Wildman–Crippen MR) is 52.8 cm³/mol. The van der Waals surface area contributed by atoms with Gasteiger partial charge < -0.3 is 15.2 Å². The number of primary amides is 1. The lowest BCUT2D eigenvalue weighted by Gasteiger charge is -2.12. The van der Waals surface area contributed by atoms with Gasteiger partial charge in [-0.15, -0.1) is 0 Å². The standard InChI is InChI=1S/C10H13NO3/c1-6-4-5-7(10(11)12)9(14-3)8(6)13-2/h4-5H,1-3H3,(H2,11,12). The summed E-state index contributed by atoms with van der Waals surface area (Å²) in [6.07, 6.45) is 0. The van der Waals surface area contributed by atoms with Crippen LogP contribution in [0.3, 0.4) is 0 Å². The van der Waals surface area contributed by atoms with Gasteiger partial charge in [-0.2, -0.15) is 0 Å². The molecule has 4 heteroatoms. The summed E-state index contributed by atoms with van der Waals surface area (Å²) < 4.78 is 10.2. The summed E-state index contributed by atoms with van der Waals surface area (Å²) in [5, 5.41) is 0. The third kappa shape index (κ3) is 1.64. The van der Waals surface area contributed by atoms with E-state index < -0.39 is 5.91 Å². The van der Waals surface area contributed by atoms with Crippen LogP contribution in [0.1, 0.15) is 15.9 Å². The molecular formula is C10H13NO3. The molecule has 0 spiro atoms. The van der Waals surface area contributed by atoms with E-state index in [-0.39, 0.29) is 0 Å². The summed E-state index contributed by atoms with van der Waals surface area (Å²) in [4.78, 5) is 11.0. The quantitative estimate of drug-likeness (QED) is 0.785. The minimum absolute atomic E-state index is 0.329. The Balaban J connectivity index is 3.40. The van der Waals surface area contributed by atoms with Gasteiger partial charge in [-0.25, -0.2) is 0 Å². The van der Waals surface area contributed by atoms with Crippen LogP contribution in [0, 0.1) is 6.92 Å². The van der Waals surface area contributed by atoms with Crippen LogP contribution in [0.25, 0.3) is 0 Å². The average Bonchev–Trinajstić information content (AvgIpc) is 2.16. The van der Waals surface area contributed by atoms with Crippen LogP contribution < -0.4 is 15.2 Å². The molecule has 0 aliphatic carbocycles. The molecular weight excluding hydrogens is 182 g/mol. The fourth-order valence-corrected chi connectivity index (χ4v) is 1.31. The maximum Gasteiger partial charge on any atom is 0.252 e. The van der Waals surface area contributed by atoms with Gasteiger partial charge in [0.2, 0.25) is 0 Å². The lowest BCUT2D eigenvalue weighted by atomic mass is 10.1. The Morgan fingerprint density at radius 2 is 1.79 bits per heavy atom. The number of carbonyl (C=O) groups excluding carboxylic acids is 1. The number of methoxy groups -OCH3 is 2. The molecule has 0 saturated heterocycles. The number of amides is 1. The van der Waals surface area contributed by atoms with Gasteiger partial charge in [0.25, 0.3) is 5.91 Å². The van der Waals surface area contributed by atoms with Gasteiger partial charge in [-0.1, -0.05) is 6.07 Å². The largest absolute Gasteiger partial charge is 0.493 e. The highest BCUT2D eigenvalue weighted by Gasteiger charge is 2.15. The molecule has 2 N–H and O–H groups in total. The lowest BCUT2D eigenvalue weighted by molar-refractivity contribution is 0.0996. The predicted octanol–water partition coefficient (Wildman–Crippen LogP) is 1.11. The minimum atomic E-state index is -0.528. The van der Waals surface area contributed by atoms with Crippen LogP contribution in [0.5, 0.6) is 11.5 Å². The molecule has 76 valence electrons. The SMILES string of the molecule is COc1c(C)ccc(C(N)=O)c1OC. The van der Waals surface area contributed by atoms with Crippen LogP contribution in [-0.4, -0.2) is 20.1 Å². The van der Waals surface area contributed by atoms with E-state index >= 15 is 0 Å². The highest BCUT2D eigenvalue weighted by Crippen LogP contribution is 2.33. The van der Waals surface area contributed by atoms with Crippen LogP contribution >= 0.6 is 0 Å². The Bertz CT molecular complexity index is 361. The fraction of sp³-hybridized carbons (Fsp3) is 0.300. The van der Waals surface area contributed by atoms with Crippen molar-refractivity contribution in [2.45, 2.75) is 6.92 Å². The van der Waals surface area contributed by atoms with Crippen molar-refractivity contribution in [3.05, 3.63) is 23.3 Å². The summed E-state index contributed by atoms with van der Waals surface area (Å²) >= 11 is 0. The lowest BCUT2D eigenvalue weighted by Crippen LogP contribution is -2.13. The van der Waals surface area contributed by atoms with Crippen molar-refractivity contribution in [1.82, 2.24) is 0 Å². The second kappa shape index (κ2) is 4.00. The molecule has 1 amide bonds. The molecule has 0 heterocycles. The summed E-state index contributed by atoms with van der Waals surface area (Å²) in [6, 6.07) is 3.39. The number of hydrogen-bond donors (Lipinski definition) is 1. The zero-order valence-corrected chi connectivity index (χ0v) is 8.46. The van der Waals surface area contributed by atoms with Crippen LogP contribution in [-0.2, 0) is 0 Å². The smallest absolute Gasteiger partial charge is 0.252 e. The molecule has 0 aliphatic heterocycles. The molecule has 1 rings (SSSR count). The Kier molecular flexibility index (Phi) is 2.96. The summed E-state index contributed by atoms with van der Waals surface area (Å²) in [7, 11) is 3.00. The molecule has 4 nitrogen and oxygen atoms in total. The molecule has 0 radical (unpaired) electrons. The third-order valence-corrected chi connectivity index (χ3v) is 1.98. The summed E-state index contributed by atoms with van der Waals surface area (Å²) in [6.45, 7) is 1.87. The zero-order valence-electron chi connectivity index (χ0n) is 8.46. The maximum atomic E-state index is 11.0. The van der Waals surface area contributed by atoms with Crippen molar-refractivity contribution in [2.24, 2.45) is 5.73 Å². The Labute approximate surface area is 82.6 Å². The van der Waals surface area contributed by atoms with E-state index in [1.54, 1.807) is 12.1 Å². The number of aryl methyl sites for hydroxylation is 1. The van der Waals surface area contributed by atoms with E-state index in [0.29, 0.717) is 17.1 Å². The Hall–Kier alpha value is -1.71. The van der Waals surface area contributed by atoms with Gasteiger partial charge in [-0.3, -0.25) is 4.79 Å². The molecule has 14 heavy (non-hydrogen) atoms. The van der Waals surface area contributed by atoms with Gasteiger partial charge in [0.05, 0.1) is 19.8 Å². The first-order chi connectivity index (χ1) is 6.61. The van der Waals surface area contributed by atoms with E-state index in [4.69, 9.17) is 15.2 Å². The number of nitrogens with two attached hydrogens (primary N) is 1. The summed E-state index contributed by atoms with van der Waals surface area (Å²) in [5.41, 5.74) is 6.42. The van der Waals surface area contributed by atoms with Crippen molar-refractivity contribution >= 4 is 5.91 Å². The number of carbonyl (C=O) groups is 1. The van der Waals surface area contributed by atoms with Gasteiger partial charge in [0.15, 0.2) is 11.5 Å². The van der Waals surface area contributed by atoms with Crippen LogP contribution in [0.2, 0.25) is 0 Å². The normalized spacial score (nSPS) is 9.64. The van der Waals surface area contributed by atoms with Crippen molar-refractivity contribution in [2.75, 3.05) is 14.2 Å². The van der Waals surface area contributed by atoms with Gasteiger partial charge in [0.1, 0.15) is 0 Å². The fourth-order valence-electron chi connectivity index (χ4n) is 1.31. The molecule has 0 aliphatic rings. The van der Waals surface area contributed by atoms with Crippen LogP contribution in [0.4, 0.5) is 0 Å². The monoisotopic (exact) mass is 195 g/mol. The Morgan fingerprint density at radius 1 is 1.21 bits per heavy atom. The molecule has 0 bridgehead atoms. The second-order valence-corrected chi connectivity index (χ2v) is 2.86. The van der Waals surface area contributed by atoms with E-state index in [1.807, 2.05) is 6.92 Å². The Morgan fingerprint density at radius 3 is 2.21 bits per heavy atom. The van der Waals surface area contributed by atoms with E-state index in [1.165, 1.54) is 14.2 Å². The number of hydrogen-bond acceptors (Lipinski definition) is 3. The molecule has 1 aromatic carbocycles. The first-order valence-electron chi connectivity index (χ1n) is 4.13. The van der Waals surface area contributed by atoms with E-state index in [2.05, 4.69) is 0 Å². The number of ether oxygens (including phenoxy) is 2. The number of rotatable bonds is 3. The third-order valence-electron chi connectivity index (χ3n) is 1.98. The molecule has 0 saturated carbocycles. The highest BCUT2D eigenvalue weighted by atomic mass is 16.5. The minimum Gasteiger partial charge on any atom is -0.493 e. The average molecular weight is 195 g/mol. The number of benzene rings is 1. The highest BCUT2D eigenvalue weighted by molar-refractivity contribution is 5.96. The summed E-state index contributed by atoms with van der Waals surface area (Å²) in [5.74, 6) is 0.406. The topological polar surface area (TPSA) is 61.5 Å². The second-order valence-electron chi connectivity index (χ2n) is 2.86. The first-order valence-corrected chi connectivity index (χ1v) is 4.13. The zero-order chi connectivity index (χ0) is 10.7. The molecule has 0 atom stereocenters. The van der Waals surface area contributed by atoms with E-state index in [9.17, 15) is 4.79 Å². The van der Waals surface area contributed by atoms with Crippen molar-refractivity contribution < 1.29 is 14.3 Å².